The number of halogens is 2. The van der Waals surface area contributed by atoms with Crippen LogP contribution in [-0.2, 0) is 9.09 Å². The Morgan fingerprint density at radius 1 is 1.33 bits per heavy atom. The molecule has 0 aromatic carbocycles. The van der Waals surface area contributed by atoms with Crippen molar-refractivity contribution in [3.8, 4) is 0 Å². The fourth-order valence-corrected chi connectivity index (χ4v) is 6.16. The number of hydroxylamine groups is 2. The molecule has 12 heteroatoms. The normalized spacial score (nSPS) is 28.2. The quantitative estimate of drug-likeness (QED) is 0.294. The van der Waals surface area contributed by atoms with E-state index < -0.39 is 19.9 Å². The first-order valence-corrected chi connectivity index (χ1v) is 11.6. The van der Waals surface area contributed by atoms with E-state index >= 15 is 0 Å². The summed E-state index contributed by atoms with van der Waals surface area (Å²) in [5, 5.41) is 13.7. The number of carbonyl (C=O) groups is 1. The summed E-state index contributed by atoms with van der Waals surface area (Å²) >= 11 is 13.3. The number of hydrogen-bond acceptors (Lipinski definition) is 5. The molecule has 0 aliphatic carbocycles. The van der Waals surface area contributed by atoms with Crippen molar-refractivity contribution in [1.29, 1.82) is 0 Å². The van der Waals surface area contributed by atoms with E-state index in [9.17, 15) is 14.6 Å². The van der Waals surface area contributed by atoms with E-state index in [1.807, 2.05) is 0 Å². The van der Waals surface area contributed by atoms with E-state index in [-0.39, 0.29) is 18.4 Å². The smallest absolute Gasteiger partial charge is 0.321 e. The molecule has 8 nitrogen and oxygen atoms in total. The largest absolute Gasteiger partial charge is 0.345 e. The van der Waals surface area contributed by atoms with Crippen LogP contribution in [0.4, 0.5) is 4.79 Å². The number of urea groups is 1. The Bertz CT molecular complexity index is 466. The van der Waals surface area contributed by atoms with Gasteiger partial charge in [0.25, 0.3) is 0 Å². The van der Waals surface area contributed by atoms with Crippen molar-refractivity contribution in [2.45, 2.75) is 12.6 Å². The molecule has 2 atom stereocenters. The van der Waals surface area contributed by atoms with E-state index in [2.05, 4.69) is 5.09 Å². The highest BCUT2D eigenvalue weighted by Crippen LogP contribution is 2.49. The van der Waals surface area contributed by atoms with Crippen LogP contribution in [-0.4, -0.2) is 88.1 Å². The number of amides is 2. The van der Waals surface area contributed by atoms with Crippen LogP contribution in [0.15, 0.2) is 0 Å². The number of nitrogens with one attached hydrogen (secondary N) is 1. The Morgan fingerprint density at radius 2 is 1.96 bits per heavy atom. The summed E-state index contributed by atoms with van der Waals surface area (Å²) < 4.78 is 20.0. The molecule has 140 valence electrons. The van der Waals surface area contributed by atoms with Gasteiger partial charge in [-0.05, 0) is 0 Å². The van der Waals surface area contributed by atoms with E-state index in [4.69, 9.17) is 27.7 Å². The van der Waals surface area contributed by atoms with Crippen molar-refractivity contribution >= 4 is 48.7 Å². The predicted molar refractivity (Wildman–Crippen MR) is 96.0 cm³/mol. The van der Waals surface area contributed by atoms with Crippen LogP contribution in [0.1, 0.15) is 6.42 Å². The van der Waals surface area contributed by atoms with E-state index in [0.29, 0.717) is 37.7 Å². The summed E-state index contributed by atoms with van der Waals surface area (Å²) in [7, 11) is -3.41. The molecule has 0 radical (unpaired) electrons. The highest BCUT2D eigenvalue weighted by atomic mass is 35.5. The van der Waals surface area contributed by atoms with Gasteiger partial charge in [-0.2, -0.15) is 16.8 Å². The van der Waals surface area contributed by atoms with E-state index in [1.54, 1.807) is 16.7 Å². The molecule has 2 N–H and O–H groups in total. The van der Waals surface area contributed by atoms with Crippen LogP contribution in [0.2, 0.25) is 0 Å². The van der Waals surface area contributed by atoms with Crippen LogP contribution in [0, 0.1) is 0 Å². The van der Waals surface area contributed by atoms with Gasteiger partial charge in [0, 0.05) is 55.9 Å². The second-order valence-corrected chi connectivity index (χ2v) is 9.45. The molecule has 2 saturated heterocycles. The average molecular weight is 421 g/mol. The number of nitrogens with zero attached hydrogens (tertiary/aromatic N) is 3. The summed E-state index contributed by atoms with van der Waals surface area (Å²) in [6.07, 6.45) is -0.440. The Morgan fingerprint density at radius 3 is 2.54 bits per heavy atom. The standard InChI is InChI=1S/C12H23Cl2N4O4PS/c13-2-4-17(5-3-14)23(21)15-11(1-8-22-23)18(20)12(19)16-6-9-24-10-7-16/h11,20H,1-10H2,(H,15,21). The molecule has 2 amide bonds. The van der Waals surface area contributed by atoms with Crippen LogP contribution in [0.25, 0.3) is 0 Å². The van der Waals surface area contributed by atoms with Gasteiger partial charge >= 0.3 is 13.7 Å². The molecule has 0 saturated carbocycles. The summed E-state index contributed by atoms with van der Waals surface area (Å²) in [5.74, 6) is 2.23. The van der Waals surface area contributed by atoms with Crippen LogP contribution < -0.4 is 5.09 Å². The first-order valence-electron chi connectivity index (χ1n) is 7.76. The first-order chi connectivity index (χ1) is 11.5. The monoisotopic (exact) mass is 420 g/mol. The lowest BCUT2D eigenvalue weighted by Gasteiger charge is -2.40. The topological polar surface area (TPSA) is 85.4 Å². The van der Waals surface area contributed by atoms with Gasteiger partial charge in [-0.15, -0.1) is 23.2 Å². The molecule has 0 bridgehead atoms. The number of rotatable bonds is 6. The van der Waals surface area contributed by atoms with Gasteiger partial charge < -0.3 is 9.42 Å². The van der Waals surface area contributed by atoms with Gasteiger partial charge in [-0.25, -0.2) is 14.6 Å². The minimum absolute atomic E-state index is 0.163. The molecule has 2 heterocycles. The summed E-state index contributed by atoms with van der Waals surface area (Å²) in [6.45, 7) is 2.00. The molecular weight excluding hydrogens is 398 g/mol. The fraction of sp³-hybridized carbons (Fsp3) is 0.917. The van der Waals surface area contributed by atoms with Gasteiger partial charge in [-0.1, -0.05) is 0 Å². The lowest BCUT2D eigenvalue weighted by atomic mass is 10.3. The number of alkyl halides is 2. The molecule has 2 rings (SSSR count). The molecule has 2 aliphatic rings. The summed E-state index contributed by atoms with van der Waals surface area (Å²) in [5.41, 5.74) is 0. The zero-order chi connectivity index (χ0) is 17.6. The molecule has 0 spiro atoms. The van der Waals surface area contributed by atoms with Crippen molar-refractivity contribution < 1.29 is 19.1 Å². The molecular formula is C12H23Cl2N4O4PS. The summed E-state index contributed by atoms with van der Waals surface area (Å²) in [4.78, 5) is 14.0. The average Bonchev–Trinajstić information content (AvgIpc) is 2.61. The third-order valence-corrected chi connectivity index (χ3v) is 7.38. The zero-order valence-corrected chi connectivity index (χ0v) is 16.5. The van der Waals surface area contributed by atoms with E-state index in [1.165, 1.54) is 4.67 Å². The second kappa shape index (κ2) is 9.83. The number of carbonyl (C=O) groups excluding carboxylic acids is 1. The molecule has 24 heavy (non-hydrogen) atoms. The Kier molecular flexibility index (Phi) is 8.43. The number of thioether (sulfide) groups is 1. The second-order valence-electron chi connectivity index (χ2n) is 5.35. The third-order valence-electron chi connectivity index (χ3n) is 3.80. The van der Waals surface area contributed by atoms with Gasteiger partial charge in [0.2, 0.25) is 0 Å². The maximum Gasteiger partial charge on any atom is 0.345 e. The molecule has 2 aliphatic heterocycles. The molecule has 2 fully saturated rings. The van der Waals surface area contributed by atoms with Crippen molar-refractivity contribution in [2.75, 3.05) is 56.1 Å². The first kappa shape index (κ1) is 20.6. The number of hydrogen-bond donors (Lipinski definition) is 2. The predicted octanol–water partition coefficient (Wildman–Crippen LogP) is 2.07. The van der Waals surface area contributed by atoms with Gasteiger partial charge in [-0.3, -0.25) is 9.77 Å². The van der Waals surface area contributed by atoms with Crippen molar-refractivity contribution in [3.05, 3.63) is 0 Å². The fourth-order valence-electron chi connectivity index (χ4n) is 2.52. The molecule has 0 aromatic rings. The summed E-state index contributed by atoms with van der Waals surface area (Å²) in [6, 6.07) is -0.484. The highest BCUT2D eigenvalue weighted by Gasteiger charge is 2.41. The van der Waals surface area contributed by atoms with Crippen LogP contribution in [0.5, 0.6) is 0 Å². The van der Waals surface area contributed by atoms with Crippen LogP contribution >= 0.6 is 42.6 Å². The maximum atomic E-state index is 13.0. The molecule has 0 aromatic heterocycles. The SMILES string of the molecule is O=C(N1CCSCC1)N(O)C1CCOP(=O)(N(CCCl)CCCl)N1. The van der Waals surface area contributed by atoms with Gasteiger partial charge in [0.15, 0.2) is 0 Å². The van der Waals surface area contributed by atoms with Crippen molar-refractivity contribution in [2.24, 2.45) is 0 Å². The highest BCUT2D eigenvalue weighted by molar-refractivity contribution is 7.99. The maximum absolute atomic E-state index is 13.0. The van der Waals surface area contributed by atoms with E-state index in [0.717, 1.165) is 11.5 Å². The zero-order valence-electron chi connectivity index (χ0n) is 13.3. The lowest BCUT2D eigenvalue weighted by molar-refractivity contribution is -0.102. The van der Waals surface area contributed by atoms with Gasteiger partial charge in [0.05, 0.1) is 6.61 Å². The van der Waals surface area contributed by atoms with Gasteiger partial charge in [0.1, 0.15) is 6.17 Å². The third kappa shape index (κ3) is 5.14. The Labute approximate surface area is 156 Å². The van der Waals surface area contributed by atoms with Crippen LogP contribution in [0.3, 0.4) is 0 Å². The van der Waals surface area contributed by atoms with Crippen molar-refractivity contribution in [3.63, 3.8) is 0 Å². The lowest BCUT2D eigenvalue weighted by Crippen LogP contribution is -2.55. The Hall–Kier alpha value is 0.270. The Balaban J connectivity index is 2.02. The molecule has 2 unspecified atom stereocenters. The van der Waals surface area contributed by atoms with Crippen molar-refractivity contribution in [1.82, 2.24) is 19.7 Å². The minimum atomic E-state index is -3.41. The minimum Gasteiger partial charge on any atom is -0.321 e.